The van der Waals surface area contributed by atoms with Crippen molar-refractivity contribution in [2.24, 2.45) is 0 Å². The molecule has 0 bridgehead atoms. The summed E-state index contributed by atoms with van der Waals surface area (Å²) in [5, 5.41) is 13.1. The van der Waals surface area contributed by atoms with Gasteiger partial charge in [0, 0.05) is 6.54 Å². The summed E-state index contributed by atoms with van der Waals surface area (Å²) in [6.07, 6.45) is 0. The Labute approximate surface area is 115 Å². The molecule has 4 nitrogen and oxygen atoms in total. The van der Waals surface area contributed by atoms with Crippen LogP contribution in [0.1, 0.15) is 17.4 Å². The number of hydrogen-bond donors (Lipinski definition) is 1. The number of nitrogens with zero attached hydrogens (tertiary/aromatic N) is 2. The molecule has 0 radical (unpaired) electrons. The van der Waals surface area contributed by atoms with Crippen LogP contribution in [0.5, 0.6) is 0 Å². The maximum atomic E-state index is 11.0. The zero-order valence-corrected chi connectivity index (χ0v) is 11.9. The van der Waals surface area contributed by atoms with Gasteiger partial charge in [0.05, 0.1) is 19.4 Å². The van der Waals surface area contributed by atoms with Crippen LogP contribution in [0.25, 0.3) is 10.6 Å². The van der Waals surface area contributed by atoms with Crippen LogP contribution >= 0.6 is 38.9 Å². The lowest BCUT2D eigenvalue weighted by Gasteiger charge is -2.01. The lowest BCUT2D eigenvalue weighted by atomic mass is 10.3. The van der Waals surface area contributed by atoms with Gasteiger partial charge in [0.25, 0.3) is 0 Å². The molecule has 0 aliphatic rings. The maximum absolute atomic E-state index is 11.0. The summed E-state index contributed by atoms with van der Waals surface area (Å²) in [7, 11) is 0. The van der Waals surface area contributed by atoms with Gasteiger partial charge in [-0.15, -0.1) is 11.3 Å². The number of hydrogen-bond acceptors (Lipinski definition) is 3. The van der Waals surface area contributed by atoms with Gasteiger partial charge in [-0.1, -0.05) is 11.6 Å². The average molecular weight is 336 g/mol. The smallest absolute Gasteiger partial charge is 0.357 e. The summed E-state index contributed by atoms with van der Waals surface area (Å²) in [6.45, 7) is 2.50. The third kappa shape index (κ3) is 2.25. The third-order valence-corrected chi connectivity index (χ3v) is 4.19. The van der Waals surface area contributed by atoms with E-state index in [2.05, 4.69) is 21.0 Å². The van der Waals surface area contributed by atoms with Crippen LogP contribution in [-0.2, 0) is 6.54 Å². The SMILES string of the molecule is CCn1nc(C(=O)O)c(Br)c1-c1ccc(Cl)s1. The first-order chi connectivity index (χ1) is 8.04. The second-order valence-electron chi connectivity index (χ2n) is 3.24. The Hall–Kier alpha value is -0.850. The Morgan fingerprint density at radius 1 is 1.65 bits per heavy atom. The topological polar surface area (TPSA) is 55.1 Å². The Morgan fingerprint density at radius 3 is 2.82 bits per heavy atom. The van der Waals surface area contributed by atoms with Gasteiger partial charge < -0.3 is 5.11 Å². The number of aromatic nitrogens is 2. The Kier molecular flexibility index (Phi) is 3.56. The molecule has 2 rings (SSSR count). The van der Waals surface area contributed by atoms with Crippen LogP contribution in [0.3, 0.4) is 0 Å². The minimum absolute atomic E-state index is 0.0198. The van der Waals surface area contributed by atoms with E-state index in [9.17, 15) is 4.79 Å². The first-order valence-corrected chi connectivity index (χ1v) is 6.78. The molecule has 2 aromatic heterocycles. The number of halogens is 2. The molecule has 1 N–H and O–H groups in total. The van der Waals surface area contributed by atoms with E-state index in [0.717, 1.165) is 10.6 Å². The van der Waals surface area contributed by atoms with Gasteiger partial charge in [-0.2, -0.15) is 5.10 Å². The van der Waals surface area contributed by atoms with E-state index in [1.54, 1.807) is 10.7 Å². The van der Waals surface area contributed by atoms with Gasteiger partial charge in [-0.05, 0) is 35.0 Å². The first kappa shape index (κ1) is 12.6. The fourth-order valence-electron chi connectivity index (χ4n) is 1.48. The van der Waals surface area contributed by atoms with Crippen molar-refractivity contribution in [2.45, 2.75) is 13.5 Å². The molecule has 0 aliphatic heterocycles. The van der Waals surface area contributed by atoms with E-state index in [0.29, 0.717) is 15.4 Å². The molecule has 0 saturated carbocycles. The molecule has 0 saturated heterocycles. The molecular weight excluding hydrogens is 328 g/mol. The van der Waals surface area contributed by atoms with Gasteiger partial charge in [0.1, 0.15) is 0 Å². The predicted octanol–water partition coefficient (Wildman–Crippen LogP) is 3.75. The molecule has 0 spiro atoms. The van der Waals surface area contributed by atoms with Gasteiger partial charge >= 0.3 is 5.97 Å². The van der Waals surface area contributed by atoms with Gasteiger partial charge in [-0.3, -0.25) is 4.68 Å². The summed E-state index contributed by atoms with van der Waals surface area (Å²) in [5.41, 5.74) is 0.771. The number of carboxylic acids is 1. The third-order valence-electron chi connectivity index (χ3n) is 2.20. The summed E-state index contributed by atoms with van der Waals surface area (Å²) < 4.78 is 2.80. The van der Waals surface area contributed by atoms with Gasteiger partial charge in [-0.25, -0.2) is 4.79 Å². The van der Waals surface area contributed by atoms with E-state index in [1.165, 1.54) is 11.3 Å². The molecule has 90 valence electrons. The Bertz CT molecular complexity index is 579. The highest BCUT2D eigenvalue weighted by Crippen LogP contribution is 2.37. The maximum Gasteiger partial charge on any atom is 0.357 e. The monoisotopic (exact) mass is 334 g/mol. The molecule has 2 heterocycles. The van der Waals surface area contributed by atoms with E-state index < -0.39 is 5.97 Å². The van der Waals surface area contributed by atoms with Crippen molar-refractivity contribution in [3.63, 3.8) is 0 Å². The molecule has 0 aromatic carbocycles. The van der Waals surface area contributed by atoms with Crippen molar-refractivity contribution in [1.82, 2.24) is 9.78 Å². The normalized spacial score (nSPS) is 10.8. The Balaban J connectivity index is 2.63. The van der Waals surface area contributed by atoms with Crippen LogP contribution in [0.4, 0.5) is 0 Å². The molecule has 0 aliphatic carbocycles. The predicted molar refractivity (Wildman–Crippen MR) is 70.9 cm³/mol. The van der Waals surface area contributed by atoms with Crippen molar-refractivity contribution in [3.8, 4) is 10.6 Å². The highest BCUT2D eigenvalue weighted by Gasteiger charge is 2.22. The molecule has 0 amide bonds. The number of carbonyl (C=O) groups is 1. The second kappa shape index (κ2) is 4.80. The molecule has 17 heavy (non-hydrogen) atoms. The fourth-order valence-corrected chi connectivity index (χ4v) is 3.38. The standard InChI is InChI=1S/C10H8BrClN2O2S/c1-2-14-9(5-3-4-6(12)17-5)7(11)8(13-14)10(15)16/h3-4H,2H2,1H3,(H,15,16). The van der Waals surface area contributed by atoms with E-state index in [-0.39, 0.29) is 5.69 Å². The van der Waals surface area contributed by atoms with Crippen molar-refractivity contribution in [1.29, 1.82) is 0 Å². The van der Waals surface area contributed by atoms with Crippen molar-refractivity contribution >= 4 is 44.8 Å². The average Bonchev–Trinajstić information content (AvgIpc) is 2.81. The lowest BCUT2D eigenvalue weighted by Crippen LogP contribution is -2.02. The number of aryl methyl sites for hydroxylation is 1. The van der Waals surface area contributed by atoms with Crippen LogP contribution in [0, 0.1) is 0 Å². The van der Waals surface area contributed by atoms with Gasteiger partial charge in [0.15, 0.2) is 5.69 Å². The van der Waals surface area contributed by atoms with Crippen LogP contribution in [0.2, 0.25) is 4.34 Å². The molecule has 0 atom stereocenters. The first-order valence-electron chi connectivity index (χ1n) is 4.80. The van der Waals surface area contributed by atoms with E-state index >= 15 is 0 Å². The zero-order valence-electron chi connectivity index (χ0n) is 8.78. The fraction of sp³-hybridized carbons (Fsp3) is 0.200. The van der Waals surface area contributed by atoms with E-state index in [4.69, 9.17) is 16.7 Å². The largest absolute Gasteiger partial charge is 0.476 e. The number of carboxylic acid groups (broad SMARTS) is 1. The number of rotatable bonds is 3. The van der Waals surface area contributed by atoms with Crippen molar-refractivity contribution < 1.29 is 9.90 Å². The molecule has 0 fully saturated rings. The van der Waals surface area contributed by atoms with Crippen molar-refractivity contribution in [3.05, 3.63) is 26.6 Å². The summed E-state index contributed by atoms with van der Waals surface area (Å²) in [5.74, 6) is -1.05. The van der Waals surface area contributed by atoms with Crippen LogP contribution in [0.15, 0.2) is 16.6 Å². The molecule has 7 heteroatoms. The second-order valence-corrected chi connectivity index (χ2v) is 5.74. The summed E-state index contributed by atoms with van der Waals surface area (Å²) in [6, 6.07) is 3.63. The number of aromatic carboxylic acids is 1. The zero-order chi connectivity index (χ0) is 12.6. The highest BCUT2D eigenvalue weighted by molar-refractivity contribution is 9.10. The highest BCUT2D eigenvalue weighted by atomic mass is 79.9. The Morgan fingerprint density at radius 2 is 2.35 bits per heavy atom. The molecule has 2 aromatic rings. The van der Waals surface area contributed by atoms with Gasteiger partial charge in [0.2, 0.25) is 0 Å². The van der Waals surface area contributed by atoms with Crippen LogP contribution in [-0.4, -0.2) is 20.9 Å². The minimum atomic E-state index is -1.05. The summed E-state index contributed by atoms with van der Waals surface area (Å²) in [4.78, 5) is 11.9. The summed E-state index contributed by atoms with van der Waals surface area (Å²) >= 11 is 10.6. The number of thiophene rings is 1. The quantitative estimate of drug-likeness (QED) is 0.929. The van der Waals surface area contributed by atoms with Crippen LogP contribution < -0.4 is 0 Å². The lowest BCUT2D eigenvalue weighted by molar-refractivity contribution is 0.0688. The minimum Gasteiger partial charge on any atom is -0.476 e. The van der Waals surface area contributed by atoms with Crippen molar-refractivity contribution in [2.75, 3.05) is 0 Å². The molecule has 0 unspecified atom stereocenters. The van der Waals surface area contributed by atoms with E-state index in [1.807, 2.05) is 13.0 Å². The molecular formula is C10H8BrClN2O2S.